The third-order valence-corrected chi connectivity index (χ3v) is 2.86. The van der Waals surface area contributed by atoms with Crippen molar-refractivity contribution in [1.29, 1.82) is 0 Å². The molecule has 1 N–H and O–H groups in total. The second-order valence-corrected chi connectivity index (χ2v) is 4.04. The van der Waals surface area contributed by atoms with Crippen LogP contribution in [0.5, 0.6) is 0 Å². The van der Waals surface area contributed by atoms with Crippen LogP contribution in [0.3, 0.4) is 0 Å². The quantitative estimate of drug-likeness (QED) is 0.520. The highest BCUT2D eigenvalue weighted by atomic mass is 16.5. The lowest BCUT2D eigenvalue weighted by molar-refractivity contribution is -0.142. The number of ether oxygens (including phenoxy) is 1. The Morgan fingerprint density at radius 1 is 1.60 bits per heavy atom. The molecule has 0 aromatic carbocycles. The van der Waals surface area contributed by atoms with Crippen molar-refractivity contribution in [2.75, 3.05) is 33.3 Å². The van der Waals surface area contributed by atoms with E-state index in [9.17, 15) is 4.79 Å². The van der Waals surface area contributed by atoms with Gasteiger partial charge in [-0.15, -0.1) is 0 Å². The van der Waals surface area contributed by atoms with Gasteiger partial charge in [-0.1, -0.05) is 0 Å². The van der Waals surface area contributed by atoms with E-state index in [4.69, 9.17) is 4.74 Å². The number of rotatable bonds is 6. The molecule has 88 valence electrons. The maximum atomic E-state index is 11.0. The SMILES string of the molecule is CCOC(=O)CCNCC1CCCN1C. The summed E-state index contributed by atoms with van der Waals surface area (Å²) in [7, 11) is 2.16. The average molecular weight is 214 g/mol. The standard InChI is InChI=1S/C11H22N2O2/c1-3-15-11(14)6-7-12-9-10-5-4-8-13(10)2/h10,12H,3-9H2,1-2H3. The van der Waals surface area contributed by atoms with E-state index in [1.165, 1.54) is 19.4 Å². The average Bonchev–Trinajstić information content (AvgIpc) is 2.60. The molecule has 0 aromatic rings. The van der Waals surface area contributed by atoms with Crippen molar-refractivity contribution in [2.24, 2.45) is 0 Å². The zero-order valence-electron chi connectivity index (χ0n) is 9.79. The Morgan fingerprint density at radius 3 is 3.00 bits per heavy atom. The Kier molecular flexibility index (Phi) is 5.65. The zero-order valence-corrected chi connectivity index (χ0v) is 9.79. The van der Waals surface area contributed by atoms with Gasteiger partial charge in [0.1, 0.15) is 0 Å². The lowest BCUT2D eigenvalue weighted by atomic mass is 10.2. The van der Waals surface area contributed by atoms with E-state index in [0.29, 0.717) is 19.1 Å². The lowest BCUT2D eigenvalue weighted by Gasteiger charge is -2.19. The van der Waals surface area contributed by atoms with Crippen molar-refractivity contribution in [1.82, 2.24) is 10.2 Å². The minimum Gasteiger partial charge on any atom is -0.466 e. The summed E-state index contributed by atoms with van der Waals surface area (Å²) in [6.45, 7) is 5.21. The van der Waals surface area contributed by atoms with Crippen molar-refractivity contribution >= 4 is 5.97 Å². The topological polar surface area (TPSA) is 41.6 Å². The molecule has 0 amide bonds. The van der Waals surface area contributed by atoms with Crippen LogP contribution >= 0.6 is 0 Å². The number of likely N-dealkylation sites (tertiary alicyclic amines) is 1. The van der Waals surface area contributed by atoms with Crippen LogP contribution in [-0.2, 0) is 9.53 Å². The number of carbonyl (C=O) groups excluding carboxylic acids is 1. The van der Waals surface area contributed by atoms with Crippen molar-refractivity contribution in [3.63, 3.8) is 0 Å². The molecule has 15 heavy (non-hydrogen) atoms. The smallest absolute Gasteiger partial charge is 0.307 e. The first kappa shape index (κ1) is 12.5. The van der Waals surface area contributed by atoms with Crippen LogP contribution in [0, 0.1) is 0 Å². The van der Waals surface area contributed by atoms with Gasteiger partial charge in [0.25, 0.3) is 0 Å². The zero-order chi connectivity index (χ0) is 11.1. The predicted molar refractivity (Wildman–Crippen MR) is 59.8 cm³/mol. The lowest BCUT2D eigenvalue weighted by Crippen LogP contribution is -2.36. The van der Waals surface area contributed by atoms with Crippen molar-refractivity contribution in [3.8, 4) is 0 Å². The summed E-state index contributed by atoms with van der Waals surface area (Å²) in [4.78, 5) is 13.4. The van der Waals surface area contributed by atoms with Gasteiger partial charge in [-0.2, -0.15) is 0 Å². The molecule has 1 fully saturated rings. The fourth-order valence-electron chi connectivity index (χ4n) is 1.93. The molecule has 1 aliphatic rings. The highest BCUT2D eigenvalue weighted by molar-refractivity contribution is 5.69. The van der Waals surface area contributed by atoms with Gasteiger partial charge in [0.05, 0.1) is 13.0 Å². The number of nitrogens with zero attached hydrogens (tertiary/aromatic N) is 1. The van der Waals surface area contributed by atoms with E-state index in [-0.39, 0.29) is 5.97 Å². The predicted octanol–water partition coefficient (Wildman–Crippen LogP) is 0.623. The van der Waals surface area contributed by atoms with Crippen molar-refractivity contribution < 1.29 is 9.53 Å². The van der Waals surface area contributed by atoms with E-state index in [0.717, 1.165) is 13.1 Å². The summed E-state index contributed by atoms with van der Waals surface area (Å²) in [5.41, 5.74) is 0. The molecule has 4 nitrogen and oxygen atoms in total. The molecule has 1 atom stereocenters. The summed E-state index contributed by atoms with van der Waals surface area (Å²) in [6.07, 6.45) is 3.04. The Morgan fingerprint density at radius 2 is 2.40 bits per heavy atom. The molecule has 1 heterocycles. The minimum atomic E-state index is -0.107. The summed E-state index contributed by atoms with van der Waals surface area (Å²) < 4.78 is 4.85. The normalized spacial score (nSPS) is 21.9. The molecule has 0 aromatic heterocycles. The Hall–Kier alpha value is -0.610. The summed E-state index contributed by atoms with van der Waals surface area (Å²) in [5, 5.41) is 3.30. The Labute approximate surface area is 92.0 Å². The number of hydrogen-bond acceptors (Lipinski definition) is 4. The molecule has 0 spiro atoms. The second-order valence-electron chi connectivity index (χ2n) is 4.04. The molecule has 0 radical (unpaired) electrons. The van der Waals surface area contributed by atoms with Gasteiger partial charge >= 0.3 is 5.97 Å². The van der Waals surface area contributed by atoms with E-state index in [2.05, 4.69) is 17.3 Å². The molecule has 1 rings (SSSR count). The molecule has 0 aliphatic carbocycles. The number of likely N-dealkylation sites (N-methyl/N-ethyl adjacent to an activating group) is 1. The van der Waals surface area contributed by atoms with Crippen LogP contribution in [-0.4, -0.2) is 50.2 Å². The van der Waals surface area contributed by atoms with Crippen molar-refractivity contribution in [3.05, 3.63) is 0 Å². The Balaban J connectivity index is 1.99. The minimum absolute atomic E-state index is 0.107. The van der Waals surface area contributed by atoms with Gasteiger partial charge in [0.15, 0.2) is 0 Å². The Bertz CT molecular complexity index is 197. The van der Waals surface area contributed by atoms with Crippen LogP contribution < -0.4 is 5.32 Å². The molecule has 0 saturated carbocycles. The van der Waals surface area contributed by atoms with Crippen LogP contribution in [0.25, 0.3) is 0 Å². The molecule has 1 unspecified atom stereocenters. The molecule has 1 aliphatic heterocycles. The van der Waals surface area contributed by atoms with Gasteiger partial charge in [-0.3, -0.25) is 4.79 Å². The number of nitrogens with one attached hydrogen (secondary N) is 1. The highest BCUT2D eigenvalue weighted by Crippen LogP contribution is 2.13. The second kappa shape index (κ2) is 6.80. The molecule has 0 bridgehead atoms. The maximum Gasteiger partial charge on any atom is 0.307 e. The van der Waals surface area contributed by atoms with E-state index < -0.39 is 0 Å². The third-order valence-electron chi connectivity index (χ3n) is 2.86. The van der Waals surface area contributed by atoms with E-state index in [1.807, 2.05) is 6.92 Å². The van der Waals surface area contributed by atoms with Gasteiger partial charge in [0.2, 0.25) is 0 Å². The first-order valence-corrected chi connectivity index (χ1v) is 5.80. The van der Waals surface area contributed by atoms with Crippen LogP contribution in [0.1, 0.15) is 26.2 Å². The third kappa shape index (κ3) is 4.62. The van der Waals surface area contributed by atoms with Crippen molar-refractivity contribution in [2.45, 2.75) is 32.2 Å². The maximum absolute atomic E-state index is 11.0. The number of hydrogen-bond donors (Lipinski definition) is 1. The number of carbonyl (C=O) groups is 1. The van der Waals surface area contributed by atoms with E-state index >= 15 is 0 Å². The molecule has 4 heteroatoms. The van der Waals surface area contributed by atoms with Gasteiger partial charge < -0.3 is 15.0 Å². The first-order chi connectivity index (χ1) is 7.24. The van der Waals surface area contributed by atoms with Crippen LogP contribution in [0.15, 0.2) is 0 Å². The summed E-state index contributed by atoms with van der Waals surface area (Å²) >= 11 is 0. The first-order valence-electron chi connectivity index (χ1n) is 5.80. The largest absolute Gasteiger partial charge is 0.466 e. The molecule has 1 saturated heterocycles. The van der Waals surface area contributed by atoms with Crippen LogP contribution in [0.4, 0.5) is 0 Å². The highest BCUT2D eigenvalue weighted by Gasteiger charge is 2.19. The van der Waals surface area contributed by atoms with Gasteiger partial charge in [-0.25, -0.2) is 0 Å². The van der Waals surface area contributed by atoms with Gasteiger partial charge in [0, 0.05) is 19.1 Å². The monoisotopic (exact) mass is 214 g/mol. The molecular weight excluding hydrogens is 192 g/mol. The van der Waals surface area contributed by atoms with E-state index in [1.54, 1.807) is 0 Å². The molecular formula is C11H22N2O2. The number of esters is 1. The van der Waals surface area contributed by atoms with Gasteiger partial charge in [-0.05, 0) is 33.4 Å². The van der Waals surface area contributed by atoms with Crippen LogP contribution in [0.2, 0.25) is 0 Å². The summed E-state index contributed by atoms with van der Waals surface area (Å²) in [5.74, 6) is -0.107. The fourth-order valence-corrected chi connectivity index (χ4v) is 1.93. The fraction of sp³-hybridized carbons (Fsp3) is 0.909. The summed E-state index contributed by atoms with van der Waals surface area (Å²) in [6, 6.07) is 0.646.